The summed E-state index contributed by atoms with van der Waals surface area (Å²) in [5.41, 5.74) is 2.34. The van der Waals surface area contributed by atoms with Crippen LogP contribution in [-0.2, 0) is 13.1 Å². The minimum Gasteiger partial charge on any atom is -0.386 e. The molecule has 0 saturated carbocycles. The van der Waals surface area contributed by atoms with E-state index in [1.54, 1.807) is 6.07 Å². The van der Waals surface area contributed by atoms with E-state index in [9.17, 15) is 5.11 Å². The molecule has 0 amide bonds. The highest BCUT2D eigenvalue weighted by molar-refractivity contribution is 14.0. The zero-order chi connectivity index (χ0) is 20.6. The smallest absolute Gasteiger partial charge is 0.191 e. The summed E-state index contributed by atoms with van der Waals surface area (Å²) in [6.45, 7) is 6.46. The molecule has 0 saturated heterocycles. The Balaban J connectivity index is 0.00000320. The number of aryl methyl sites for hydroxylation is 1. The van der Waals surface area contributed by atoms with Crippen LogP contribution in [0.5, 0.6) is 0 Å². The standard InChI is InChI=1S/C21H26ClN5OS.HI/c1-3-23-21(26-13-18(28)19-7-8-20(22)29-19)25-12-16-5-4-6-17(11-16)14-27-10-9-24-15(27)2;/h4-11,18,28H,3,12-14H2,1-2H3,(H2,23,25,26);1H. The molecule has 162 valence electrons. The molecule has 2 aromatic heterocycles. The van der Waals surface area contributed by atoms with Crippen molar-refractivity contribution in [2.24, 2.45) is 4.99 Å². The van der Waals surface area contributed by atoms with Crippen LogP contribution in [0.3, 0.4) is 0 Å². The Morgan fingerprint density at radius 1 is 1.27 bits per heavy atom. The Labute approximate surface area is 203 Å². The number of nitrogens with zero attached hydrogens (tertiary/aromatic N) is 3. The minimum atomic E-state index is -0.627. The second-order valence-electron chi connectivity index (χ2n) is 6.66. The number of halogens is 2. The first-order valence-electron chi connectivity index (χ1n) is 9.56. The summed E-state index contributed by atoms with van der Waals surface area (Å²) in [6.07, 6.45) is 3.17. The van der Waals surface area contributed by atoms with Crippen LogP contribution in [0.1, 0.15) is 34.9 Å². The number of rotatable bonds is 8. The third-order valence-corrected chi connectivity index (χ3v) is 5.75. The first kappa shape index (κ1) is 24.6. The van der Waals surface area contributed by atoms with Gasteiger partial charge in [0.15, 0.2) is 5.96 Å². The van der Waals surface area contributed by atoms with Gasteiger partial charge in [0, 0.05) is 36.9 Å². The summed E-state index contributed by atoms with van der Waals surface area (Å²) < 4.78 is 2.79. The molecule has 3 rings (SSSR count). The molecule has 6 nitrogen and oxygen atoms in total. The van der Waals surface area contributed by atoms with Crippen LogP contribution in [0, 0.1) is 6.92 Å². The minimum absolute atomic E-state index is 0. The van der Waals surface area contributed by atoms with Gasteiger partial charge < -0.3 is 20.3 Å². The van der Waals surface area contributed by atoms with E-state index in [-0.39, 0.29) is 24.0 Å². The number of hydrogen-bond donors (Lipinski definition) is 3. The molecule has 0 spiro atoms. The maximum Gasteiger partial charge on any atom is 0.191 e. The molecular weight excluding hydrogens is 533 g/mol. The molecule has 0 aliphatic carbocycles. The molecule has 0 fully saturated rings. The first-order valence-corrected chi connectivity index (χ1v) is 10.8. The monoisotopic (exact) mass is 559 g/mol. The van der Waals surface area contributed by atoms with Gasteiger partial charge in [0.05, 0.1) is 10.9 Å². The maximum atomic E-state index is 10.3. The van der Waals surface area contributed by atoms with E-state index in [2.05, 4.69) is 49.4 Å². The average Bonchev–Trinajstić information content (AvgIpc) is 3.32. The molecule has 0 radical (unpaired) electrons. The first-order chi connectivity index (χ1) is 14.0. The van der Waals surface area contributed by atoms with Gasteiger partial charge in [-0.3, -0.25) is 0 Å². The van der Waals surface area contributed by atoms with Crippen molar-refractivity contribution in [2.45, 2.75) is 33.0 Å². The molecular formula is C21H27ClIN5OS. The number of benzene rings is 1. The second kappa shape index (κ2) is 12.3. The molecule has 0 aliphatic rings. The van der Waals surface area contributed by atoms with E-state index in [0.717, 1.165) is 29.4 Å². The fourth-order valence-corrected chi connectivity index (χ4v) is 3.95. The number of guanidine groups is 1. The molecule has 2 heterocycles. The van der Waals surface area contributed by atoms with Crippen LogP contribution in [0.2, 0.25) is 4.34 Å². The van der Waals surface area contributed by atoms with Crippen LogP contribution < -0.4 is 10.6 Å². The molecule has 0 aliphatic heterocycles. The molecule has 1 aromatic carbocycles. The Bertz CT molecular complexity index is 958. The van der Waals surface area contributed by atoms with Gasteiger partial charge in [0.1, 0.15) is 11.9 Å². The van der Waals surface area contributed by atoms with E-state index in [0.29, 0.717) is 23.4 Å². The second-order valence-corrected chi connectivity index (χ2v) is 8.40. The van der Waals surface area contributed by atoms with Gasteiger partial charge in [-0.1, -0.05) is 35.9 Å². The van der Waals surface area contributed by atoms with Crippen molar-refractivity contribution in [1.82, 2.24) is 20.2 Å². The lowest BCUT2D eigenvalue weighted by molar-refractivity contribution is 0.184. The van der Waals surface area contributed by atoms with Gasteiger partial charge in [0.25, 0.3) is 0 Å². The number of hydrogen-bond acceptors (Lipinski definition) is 4. The number of aromatic nitrogens is 2. The Hall–Kier alpha value is -1.62. The fraction of sp³-hybridized carbons (Fsp3) is 0.333. The van der Waals surface area contributed by atoms with E-state index in [4.69, 9.17) is 11.6 Å². The summed E-state index contributed by atoms with van der Waals surface area (Å²) >= 11 is 7.33. The zero-order valence-electron chi connectivity index (χ0n) is 17.0. The molecule has 3 N–H and O–H groups in total. The Kier molecular flexibility index (Phi) is 10.1. The number of aliphatic hydroxyl groups excluding tert-OH is 1. The molecule has 1 unspecified atom stereocenters. The Morgan fingerprint density at radius 3 is 2.73 bits per heavy atom. The van der Waals surface area contributed by atoms with Crippen molar-refractivity contribution in [1.29, 1.82) is 0 Å². The van der Waals surface area contributed by atoms with Crippen molar-refractivity contribution in [3.8, 4) is 0 Å². The van der Waals surface area contributed by atoms with E-state index < -0.39 is 6.10 Å². The highest BCUT2D eigenvalue weighted by atomic mass is 127. The van der Waals surface area contributed by atoms with Crippen LogP contribution in [0.4, 0.5) is 0 Å². The molecule has 30 heavy (non-hydrogen) atoms. The maximum absolute atomic E-state index is 10.3. The lowest BCUT2D eigenvalue weighted by Gasteiger charge is -2.14. The van der Waals surface area contributed by atoms with Gasteiger partial charge in [0.2, 0.25) is 0 Å². The number of aliphatic imine (C=N–C) groups is 1. The van der Waals surface area contributed by atoms with E-state index in [1.165, 1.54) is 16.9 Å². The highest BCUT2D eigenvalue weighted by Gasteiger charge is 2.11. The fourth-order valence-electron chi connectivity index (χ4n) is 2.91. The quantitative estimate of drug-likeness (QED) is 0.218. The normalized spacial score (nSPS) is 12.3. The zero-order valence-corrected chi connectivity index (χ0v) is 20.9. The molecule has 0 bridgehead atoms. The van der Waals surface area contributed by atoms with Crippen molar-refractivity contribution in [2.75, 3.05) is 13.1 Å². The van der Waals surface area contributed by atoms with Gasteiger partial charge in [-0.25, -0.2) is 9.98 Å². The van der Waals surface area contributed by atoms with Crippen LogP contribution >= 0.6 is 46.9 Å². The summed E-state index contributed by atoms with van der Waals surface area (Å²) in [6, 6.07) is 12.0. The van der Waals surface area contributed by atoms with Crippen LogP contribution in [0.25, 0.3) is 0 Å². The molecule has 1 atom stereocenters. The third kappa shape index (κ3) is 7.26. The van der Waals surface area contributed by atoms with Gasteiger partial charge in [-0.15, -0.1) is 35.3 Å². The largest absolute Gasteiger partial charge is 0.386 e. The summed E-state index contributed by atoms with van der Waals surface area (Å²) in [7, 11) is 0. The number of imidazole rings is 1. The lowest BCUT2D eigenvalue weighted by Crippen LogP contribution is -2.39. The predicted molar refractivity (Wildman–Crippen MR) is 135 cm³/mol. The SMILES string of the molecule is CCNC(=NCc1cccc(Cn2ccnc2C)c1)NCC(O)c1ccc(Cl)s1.I. The van der Waals surface area contributed by atoms with Crippen LogP contribution in [-0.4, -0.2) is 33.7 Å². The van der Waals surface area contributed by atoms with Crippen molar-refractivity contribution >= 4 is 52.9 Å². The van der Waals surface area contributed by atoms with Gasteiger partial charge >= 0.3 is 0 Å². The van der Waals surface area contributed by atoms with Crippen LogP contribution in [0.15, 0.2) is 53.8 Å². The number of thiophene rings is 1. The summed E-state index contributed by atoms with van der Waals surface area (Å²) in [4.78, 5) is 9.76. The Morgan fingerprint density at radius 2 is 2.07 bits per heavy atom. The van der Waals surface area contributed by atoms with Crippen molar-refractivity contribution in [3.63, 3.8) is 0 Å². The number of aliphatic hydroxyl groups is 1. The summed E-state index contributed by atoms with van der Waals surface area (Å²) in [5.74, 6) is 1.67. The molecule has 9 heteroatoms. The van der Waals surface area contributed by atoms with Crippen molar-refractivity contribution < 1.29 is 5.11 Å². The average molecular weight is 560 g/mol. The predicted octanol–water partition coefficient (Wildman–Crippen LogP) is 4.36. The van der Waals surface area contributed by atoms with E-state index >= 15 is 0 Å². The van der Waals surface area contributed by atoms with Gasteiger partial charge in [-0.2, -0.15) is 0 Å². The third-order valence-electron chi connectivity index (χ3n) is 4.42. The molecule has 3 aromatic rings. The van der Waals surface area contributed by atoms with Gasteiger partial charge in [-0.05, 0) is 37.1 Å². The summed E-state index contributed by atoms with van der Waals surface area (Å²) in [5, 5.41) is 16.7. The van der Waals surface area contributed by atoms with E-state index in [1.807, 2.05) is 32.3 Å². The van der Waals surface area contributed by atoms with Crippen molar-refractivity contribution in [3.05, 3.63) is 75.0 Å². The topological polar surface area (TPSA) is 74.5 Å². The number of nitrogens with one attached hydrogen (secondary N) is 2. The lowest BCUT2D eigenvalue weighted by atomic mass is 10.1. The highest BCUT2D eigenvalue weighted by Crippen LogP contribution is 2.26.